The predicted octanol–water partition coefficient (Wildman–Crippen LogP) is 3.09. The number of hydrogen-bond donors (Lipinski definition) is 0. The highest BCUT2D eigenvalue weighted by Gasteiger charge is 2.37. The lowest BCUT2D eigenvalue weighted by Gasteiger charge is -2.36. The fourth-order valence-electron chi connectivity index (χ4n) is 3.51. The lowest BCUT2D eigenvalue weighted by molar-refractivity contribution is 0.0537. The van der Waals surface area contributed by atoms with E-state index in [2.05, 4.69) is 10.1 Å². The Balaban J connectivity index is 1.32. The summed E-state index contributed by atoms with van der Waals surface area (Å²) in [5.41, 5.74) is 0.889. The smallest absolute Gasteiger partial charge is 0.289 e. The third-order valence-corrected chi connectivity index (χ3v) is 5.15. The zero-order chi connectivity index (χ0) is 20.7. The number of carbonyl (C=O) groups is 1. The van der Waals surface area contributed by atoms with Gasteiger partial charge >= 0.3 is 0 Å². The first kappa shape index (κ1) is 18.1. The molecule has 8 heteroatoms. The summed E-state index contributed by atoms with van der Waals surface area (Å²) < 4.78 is 16.4. The van der Waals surface area contributed by atoms with E-state index in [-0.39, 0.29) is 23.0 Å². The topological polar surface area (TPSA) is 98.7 Å². The van der Waals surface area contributed by atoms with Crippen LogP contribution in [0.1, 0.15) is 22.4 Å². The first-order valence-corrected chi connectivity index (χ1v) is 9.43. The number of methoxy groups -OCH3 is 1. The Hall–Kier alpha value is -3.94. The van der Waals surface area contributed by atoms with E-state index >= 15 is 0 Å². The fraction of sp³-hybridized carbons (Fsp3) is 0.182. The summed E-state index contributed by atoms with van der Waals surface area (Å²) in [7, 11) is 1.58. The molecule has 1 amide bonds. The van der Waals surface area contributed by atoms with Gasteiger partial charge in [0, 0.05) is 19.2 Å². The van der Waals surface area contributed by atoms with E-state index in [4.69, 9.17) is 13.7 Å². The van der Waals surface area contributed by atoms with Gasteiger partial charge in [0.2, 0.25) is 11.7 Å². The average molecular weight is 403 g/mol. The molecule has 2 aromatic heterocycles. The molecule has 2 aromatic carbocycles. The van der Waals surface area contributed by atoms with Crippen LogP contribution in [0.5, 0.6) is 5.75 Å². The number of amides is 1. The highest BCUT2D eigenvalue weighted by atomic mass is 16.5. The lowest BCUT2D eigenvalue weighted by atomic mass is 9.99. The third kappa shape index (κ3) is 3.02. The Labute approximate surface area is 170 Å². The second kappa shape index (κ2) is 7.14. The summed E-state index contributed by atoms with van der Waals surface area (Å²) in [5.74, 6) is 1.17. The van der Waals surface area contributed by atoms with Crippen molar-refractivity contribution in [2.24, 2.45) is 0 Å². The molecule has 0 atom stereocenters. The molecule has 1 fully saturated rings. The molecule has 8 nitrogen and oxygen atoms in total. The number of aromatic nitrogens is 2. The molecule has 30 heavy (non-hydrogen) atoms. The second-order valence-electron chi connectivity index (χ2n) is 7.03. The maximum Gasteiger partial charge on any atom is 0.289 e. The van der Waals surface area contributed by atoms with E-state index in [9.17, 15) is 9.59 Å². The molecule has 0 radical (unpaired) electrons. The molecule has 4 aromatic rings. The molecule has 1 aliphatic rings. The molecule has 5 rings (SSSR count). The lowest BCUT2D eigenvalue weighted by Crippen LogP contribution is -2.48. The van der Waals surface area contributed by atoms with E-state index in [1.807, 2.05) is 24.3 Å². The minimum absolute atomic E-state index is 0.0254. The van der Waals surface area contributed by atoms with Crippen LogP contribution in [0.15, 0.2) is 68.3 Å². The van der Waals surface area contributed by atoms with E-state index in [1.165, 1.54) is 6.07 Å². The molecule has 0 aliphatic carbocycles. The minimum Gasteiger partial charge on any atom is -0.496 e. The van der Waals surface area contributed by atoms with Gasteiger partial charge in [-0.1, -0.05) is 29.4 Å². The number of benzene rings is 2. The number of carbonyl (C=O) groups excluding carboxylic acids is 1. The van der Waals surface area contributed by atoms with Crippen molar-refractivity contribution in [1.82, 2.24) is 15.0 Å². The van der Waals surface area contributed by atoms with Gasteiger partial charge in [0.25, 0.3) is 5.91 Å². The largest absolute Gasteiger partial charge is 0.496 e. The summed E-state index contributed by atoms with van der Waals surface area (Å²) in [6, 6.07) is 15.5. The number of nitrogens with zero attached hydrogens (tertiary/aromatic N) is 3. The molecule has 150 valence electrons. The van der Waals surface area contributed by atoms with Gasteiger partial charge in [-0.25, -0.2) is 0 Å². The average Bonchev–Trinajstić information content (AvgIpc) is 3.22. The Bertz CT molecular complexity index is 1300. The highest BCUT2D eigenvalue weighted by Crippen LogP contribution is 2.31. The maximum atomic E-state index is 12.7. The van der Waals surface area contributed by atoms with Gasteiger partial charge in [0.1, 0.15) is 11.3 Å². The number of ether oxygens (including phenoxy) is 1. The van der Waals surface area contributed by atoms with Crippen LogP contribution in [0.4, 0.5) is 0 Å². The van der Waals surface area contributed by atoms with Gasteiger partial charge in [0.15, 0.2) is 11.2 Å². The van der Waals surface area contributed by atoms with Crippen LogP contribution >= 0.6 is 0 Å². The molecular weight excluding hydrogens is 386 g/mol. The molecular formula is C22H17N3O5. The molecule has 1 aliphatic heterocycles. The molecule has 0 saturated carbocycles. The Kier molecular flexibility index (Phi) is 4.31. The van der Waals surface area contributed by atoms with E-state index < -0.39 is 0 Å². The summed E-state index contributed by atoms with van der Waals surface area (Å²) in [4.78, 5) is 31.0. The number of para-hydroxylation sites is 2. The molecule has 1 saturated heterocycles. The van der Waals surface area contributed by atoms with Gasteiger partial charge < -0.3 is 18.6 Å². The Morgan fingerprint density at radius 3 is 2.73 bits per heavy atom. The quantitative estimate of drug-likeness (QED) is 0.516. The van der Waals surface area contributed by atoms with Crippen LogP contribution in [-0.2, 0) is 0 Å². The summed E-state index contributed by atoms with van der Waals surface area (Å²) in [5, 5.41) is 4.49. The summed E-state index contributed by atoms with van der Waals surface area (Å²) in [6.07, 6.45) is 0. The van der Waals surface area contributed by atoms with Crippen molar-refractivity contribution in [3.05, 3.63) is 76.5 Å². The van der Waals surface area contributed by atoms with Crippen LogP contribution in [0.2, 0.25) is 0 Å². The van der Waals surface area contributed by atoms with E-state index in [1.54, 1.807) is 36.3 Å². The first-order valence-electron chi connectivity index (χ1n) is 9.43. The van der Waals surface area contributed by atoms with Crippen molar-refractivity contribution in [2.45, 2.75) is 5.92 Å². The molecule has 0 bridgehead atoms. The van der Waals surface area contributed by atoms with Crippen molar-refractivity contribution >= 4 is 16.9 Å². The SMILES string of the molecule is COc1ccccc1-c1noc(C2CN(C(=O)c3cc(=O)c4ccccc4o3)C2)n1. The van der Waals surface area contributed by atoms with Gasteiger partial charge in [-0.15, -0.1) is 0 Å². The minimum atomic E-state index is -0.335. The van der Waals surface area contributed by atoms with Gasteiger partial charge in [-0.3, -0.25) is 9.59 Å². The van der Waals surface area contributed by atoms with Gasteiger partial charge in [-0.2, -0.15) is 4.98 Å². The van der Waals surface area contributed by atoms with Crippen LogP contribution in [0, 0.1) is 0 Å². The highest BCUT2D eigenvalue weighted by molar-refractivity contribution is 5.93. The Morgan fingerprint density at radius 1 is 1.13 bits per heavy atom. The molecule has 0 N–H and O–H groups in total. The monoisotopic (exact) mass is 403 g/mol. The van der Waals surface area contributed by atoms with Crippen molar-refractivity contribution < 1.29 is 18.5 Å². The van der Waals surface area contributed by atoms with Crippen molar-refractivity contribution in [3.8, 4) is 17.1 Å². The summed E-state index contributed by atoms with van der Waals surface area (Å²) >= 11 is 0. The first-order chi connectivity index (χ1) is 14.6. The van der Waals surface area contributed by atoms with Crippen LogP contribution < -0.4 is 10.2 Å². The number of rotatable bonds is 4. The molecule has 0 unspecified atom stereocenters. The van der Waals surface area contributed by atoms with Gasteiger partial charge in [-0.05, 0) is 24.3 Å². The predicted molar refractivity (Wildman–Crippen MR) is 107 cm³/mol. The normalized spacial score (nSPS) is 14.0. The zero-order valence-electron chi connectivity index (χ0n) is 16.1. The van der Waals surface area contributed by atoms with E-state index in [0.717, 1.165) is 5.56 Å². The van der Waals surface area contributed by atoms with Gasteiger partial charge in [0.05, 0.1) is 24.0 Å². The Morgan fingerprint density at radius 2 is 1.90 bits per heavy atom. The van der Waals surface area contributed by atoms with Crippen molar-refractivity contribution in [2.75, 3.05) is 20.2 Å². The third-order valence-electron chi connectivity index (χ3n) is 5.15. The number of fused-ring (bicyclic) bond motifs is 1. The fourth-order valence-corrected chi connectivity index (χ4v) is 3.51. The zero-order valence-corrected chi connectivity index (χ0v) is 16.1. The maximum absolute atomic E-state index is 12.7. The van der Waals surface area contributed by atoms with Crippen LogP contribution in [0.25, 0.3) is 22.4 Å². The van der Waals surface area contributed by atoms with E-state index in [0.29, 0.717) is 41.5 Å². The number of hydrogen-bond acceptors (Lipinski definition) is 7. The van der Waals surface area contributed by atoms with Crippen molar-refractivity contribution in [1.29, 1.82) is 0 Å². The van der Waals surface area contributed by atoms with Crippen LogP contribution in [-0.4, -0.2) is 41.1 Å². The molecule has 3 heterocycles. The second-order valence-corrected chi connectivity index (χ2v) is 7.03. The number of likely N-dealkylation sites (tertiary alicyclic amines) is 1. The molecule has 0 spiro atoms. The standard InChI is InChI=1S/C22H17N3O5/c1-28-17-8-4-3-7-15(17)20-23-21(30-24-20)13-11-25(12-13)22(27)19-10-16(26)14-6-2-5-9-18(14)29-19/h2-10,13H,11-12H2,1H3. The van der Waals surface area contributed by atoms with Crippen LogP contribution in [0.3, 0.4) is 0 Å². The van der Waals surface area contributed by atoms with Crippen molar-refractivity contribution in [3.63, 3.8) is 0 Å². The summed E-state index contributed by atoms with van der Waals surface area (Å²) in [6.45, 7) is 0.811.